The van der Waals surface area contributed by atoms with Crippen LogP contribution in [-0.4, -0.2) is 37.7 Å². The molecule has 2 fully saturated rings. The average Bonchev–Trinajstić information content (AvgIpc) is 2.33. The molecule has 1 heterocycles. The zero-order valence-electron chi connectivity index (χ0n) is 14.1. The number of hydrogen-bond donors (Lipinski definition) is 2. The molecule has 21 heavy (non-hydrogen) atoms. The topological polar surface area (TPSA) is 50.4 Å². The Morgan fingerprint density at radius 2 is 1.71 bits per heavy atom. The van der Waals surface area contributed by atoms with Crippen molar-refractivity contribution in [3.8, 4) is 0 Å². The third-order valence-corrected chi connectivity index (χ3v) is 4.66. The zero-order chi connectivity index (χ0) is 15.5. The van der Waals surface area contributed by atoms with Gasteiger partial charge in [-0.2, -0.15) is 0 Å². The maximum absolute atomic E-state index is 12.1. The van der Waals surface area contributed by atoms with Crippen LogP contribution < -0.4 is 10.6 Å². The smallest absolute Gasteiger partial charge is 0.246 e. The Morgan fingerprint density at radius 1 is 1.14 bits per heavy atom. The van der Waals surface area contributed by atoms with Gasteiger partial charge in [-0.1, -0.05) is 27.7 Å². The van der Waals surface area contributed by atoms with Crippen molar-refractivity contribution in [1.82, 2.24) is 10.6 Å². The molecular formula is C17H32N2O2. The van der Waals surface area contributed by atoms with E-state index >= 15 is 0 Å². The molecule has 0 spiro atoms. The maximum atomic E-state index is 12.1. The second-order valence-corrected chi connectivity index (χ2v) is 8.44. The van der Waals surface area contributed by atoms with Gasteiger partial charge in [0.2, 0.25) is 5.91 Å². The van der Waals surface area contributed by atoms with Crippen molar-refractivity contribution in [3.63, 3.8) is 0 Å². The Bertz CT molecular complexity index is 344. The quantitative estimate of drug-likeness (QED) is 0.838. The fraction of sp³-hybridized carbons (Fsp3) is 0.941. The van der Waals surface area contributed by atoms with Crippen LogP contribution >= 0.6 is 0 Å². The van der Waals surface area contributed by atoms with Crippen molar-refractivity contribution in [2.75, 3.05) is 19.7 Å². The summed E-state index contributed by atoms with van der Waals surface area (Å²) in [5, 5.41) is 6.50. The van der Waals surface area contributed by atoms with Crippen LogP contribution in [0.1, 0.15) is 59.8 Å². The van der Waals surface area contributed by atoms with Gasteiger partial charge in [-0.15, -0.1) is 0 Å². The monoisotopic (exact) mass is 296 g/mol. The van der Waals surface area contributed by atoms with E-state index in [0.29, 0.717) is 10.8 Å². The summed E-state index contributed by atoms with van der Waals surface area (Å²) >= 11 is 0. The number of carbonyl (C=O) groups excluding carboxylic acids is 1. The van der Waals surface area contributed by atoms with E-state index in [1.807, 2.05) is 0 Å². The molecule has 0 atom stereocenters. The van der Waals surface area contributed by atoms with E-state index < -0.39 is 0 Å². The van der Waals surface area contributed by atoms with Crippen molar-refractivity contribution in [1.29, 1.82) is 0 Å². The molecular weight excluding hydrogens is 264 g/mol. The second-order valence-electron chi connectivity index (χ2n) is 8.44. The molecule has 2 N–H and O–H groups in total. The number of carbonyl (C=O) groups is 1. The summed E-state index contributed by atoms with van der Waals surface area (Å²) in [7, 11) is 0. The van der Waals surface area contributed by atoms with E-state index in [4.69, 9.17) is 4.74 Å². The maximum Gasteiger partial charge on any atom is 0.246 e. The van der Waals surface area contributed by atoms with Crippen LogP contribution in [0.3, 0.4) is 0 Å². The molecule has 4 nitrogen and oxygen atoms in total. The van der Waals surface area contributed by atoms with Crippen LogP contribution in [0.2, 0.25) is 0 Å². The lowest BCUT2D eigenvalue weighted by Crippen LogP contribution is -2.47. The van der Waals surface area contributed by atoms with Crippen molar-refractivity contribution < 1.29 is 9.53 Å². The minimum Gasteiger partial charge on any atom is -0.368 e. The predicted molar refractivity (Wildman–Crippen MR) is 85.2 cm³/mol. The molecule has 1 saturated heterocycles. The number of piperidine rings is 1. The minimum atomic E-state index is 0.0482. The van der Waals surface area contributed by atoms with Crippen molar-refractivity contribution in [2.24, 2.45) is 10.8 Å². The molecule has 0 aromatic rings. The molecule has 1 saturated carbocycles. The van der Waals surface area contributed by atoms with E-state index in [1.165, 1.54) is 6.42 Å². The molecule has 0 bridgehead atoms. The molecule has 4 heteroatoms. The third kappa shape index (κ3) is 5.59. The largest absolute Gasteiger partial charge is 0.368 e. The summed E-state index contributed by atoms with van der Waals surface area (Å²) in [6.45, 7) is 11.4. The van der Waals surface area contributed by atoms with Crippen molar-refractivity contribution in [3.05, 3.63) is 0 Å². The SMILES string of the molecule is CC1(C)CC(NC(=O)COC2CCNCC2)CC(C)(C)C1. The molecule has 0 unspecified atom stereocenters. The second kappa shape index (κ2) is 6.66. The van der Waals surface area contributed by atoms with Crippen LogP contribution in [0.5, 0.6) is 0 Å². The lowest BCUT2D eigenvalue weighted by molar-refractivity contribution is -0.129. The standard InChI is InChI=1S/C17H32N2O2/c1-16(2)9-13(10-17(3,4)12-16)19-15(20)11-21-14-5-7-18-8-6-14/h13-14,18H,5-12H2,1-4H3,(H,19,20). The molecule has 0 radical (unpaired) electrons. The Balaban J connectivity index is 1.76. The van der Waals surface area contributed by atoms with Crippen LogP contribution in [0, 0.1) is 10.8 Å². The highest BCUT2D eigenvalue weighted by atomic mass is 16.5. The summed E-state index contributed by atoms with van der Waals surface area (Å²) in [5.41, 5.74) is 0.602. The highest BCUT2D eigenvalue weighted by Crippen LogP contribution is 2.45. The Labute approximate surface area is 129 Å². The predicted octanol–water partition coefficient (Wildman–Crippen LogP) is 2.48. The number of amides is 1. The van der Waals surface area contributed by atoms with Gasteiger partial charge in [0.15, 0.2) is 0 Å². The highest BCUT2D eigenvalue weighted by Gasteiger charge is 2.38. The number of hydrogen-bond acceptors (Lipinski definition) is 3. The molecule has 0 aromatic heterocycles. The van der Waals surface area contributed by atoms with Gasteiger partial charge >= 0.3 is 0 Å². The fourth-order valence-corrected chi connectivity index (χ4v) is 4.37. The highest BCUT2D eigenvalue weighted by molar-refractivity contribution is 5.77. The summed E-state index contributed by atoms with van der Waals surface area (Å²) in [4.78, 5) is 12.1. The number of nitrogens with one attached hydrogen (secondary N) is 2. The van der Waals surface area contributed by atoms with Crippen LogP contribution in [0.15, 0.2) is 0 Å². The minimum absolute atomic E-state index is 0.0482. The lowest BCUT2D eigenvalue weighted by atomic mass is 9.63. The van der Waals surface area contributed by atoms with Gasteiger partial charge in [-0.3, -0.25) is 4.79 Å². The Hall–Kier alpha value is -0.610. The third-order valence-electron chi connectivity index (χ3n) is 4.66. The Morgan fingerprint density at radius 3 is 2.29 bits per heavy atom. The van der Waals surface area contributed by atoms with Gasteiger partial charge < -0.3 is 15.4 Å². The number of ether oxygens (including phenoxy) is 1. The Kier molecular flexibility index (Phi) is 5.31. The molecule has 0 aromatic carbocycles. The van der Waals surface area contributed by atoms with Gasteiger partial charge in [0, 0.05) is 6.04 Å². The van der Waals surface area contributed by atoms with Crippen molar-refractivity contribution in [2.45, 2.75) is 71.9 Å². The first-order valence-corrected chi connectivity index (χ1v) is 8.38. The normalized spacial score (nSPS) is 26.5. The first-order valence-electron chi connectivity index (χ1n) is 8.38. The molecule has 122 valence electrons. The molecule has 2 rings (SSSR count). The van der Waals surface area contributed by atoms with Crippen molar-refractivity contribution >= 4 is 5.91 Å². The van der Waals surface area contributed by atoms with E-state index in [9.17, 15) is 4.79 Å². The van der Waals surface area contributed by atoms with E-state index in [0.717, 1.165) is 38.8 Å². The molecule has 1 aliphatic carbocycles. The van der Waals surface area contributed by atoms with Gasteiger partial charge in [-0.05, 0) is 56.0 Å². The molecule has 2 aliphatic rings. The summed E-state index contributed by atoms with van der Waals surface area (Å²) < 4.78 is 5.74. The molecule has 1 amide bonds. The van der Waals surface area contributed by atoms with E-state index in [1.54, 1.807) is 0 Å². The van der Waals surface area contributed by atoms with Gasteiger partial charge in [-0.25, -0.2) is 0 Å². The van der Waals surface area contributed by atoms with Crippen LogP contribution in [0.25, 0.3) is 0 Å². The summed E-state index contributed by atoms with van der Waals surface area (Å²) in [6, 6.07) is 0.285. The fourth-order valence-electron chi connectivity index (χ4n) is 4.37. The first kappa shape index (κ1) is 16.8. The average molecular weight is 296 g/mol. The van der Waals surface area contributed by atoms with Gasteiger partial charge in [0.1, 0.15) is 6.61 Å². The summed E-state index contributed by atoms with van der Waals surface area (Å²) in [6.07, 6.45) is 5.62. The molecule has 1 aliphatic heterocycles. The van der Waals surface area contributed by atoms with E-state index in [2.05, 4.69) is 38.3 Å². The van der Waals surface area contributed by atoms with Gasteiger partial charge in [0.25, 0.3) is 0 Å². The first-order chi connectivity index (χ1) is 9.76. The summed E-state index contributed by atoms with van der Waals surface area (Å²) in [5.74, 6) is 0.0482. The van der Waals surface area contributed by atoms with Crippen LogP contribution in [-0.2, 0) is 9.53 Å². The lowest BCUT2D eigenvalue weighted by Gasteiger charge is -2.45. The van der Waals surface area contributed by atoms with E-state index in [-0.39, 0.29) is 24.7 Å². The zero-order valence-corrected chi connectivity index (χ0v) is 14.1. The van der Waals surface area contributed by atoms with Gasteiger partial charge in [0.05, 0.1) is 6.10 Å². The number of rotatable bonds is 4. The van der Waals surface area contributed by atoms with Crippen LogP contribution in [0.4, 0.5) is 0 Å².